The van der Waals surface area contributed by atoms with Crippen molar-refractivity contribution >= 4 is 0 Å². The molecule has 0 aromatic carbocycles. The van der Waals surface area contributed by atoms with E-state index in [0.29, 0.717) is 0 Å². The van der Waals surface area contributed by atoms with Crippen LogP contribution in [0.1, 0.15) is 18.5 Å². The smallest absolute Gasteiger partial charge is 0.133 e. The van der Waals surface area contributed by atoms with Gasteiger partial charge in [-0.3, -0.25) is 4.98 Å². The fourth-order valence-corrected chi connectivity index (χ4v) is 1.70. The van der Waals surface area contributed by atoms with Gasteiger partial charge >= 0.3 is 0 Å². The largest absolute Gasteiger partial charge is 0.506 e. The Morgan fingerprint density at radius 1 is 1.28 bits per heavy atom. The molecule has 96 valence electrons. The van der Waals surface area contributed by atoms with E-state index in [9.17, 15) is 0 Å². The molecule has 0 aliphatic carbocycles. The van der Waals surface area contributed by atoms with E-state index in [1.165, 1.54) is 6.20 Å². The lowest BCUT2D eigenvalue weighted by molar-refractivity contribution is 0.471. The number of rotatable bonds is 7. The van der Waals surface area contributed by atoms with E-state index in [1.54, 1.807) is 12.3 Å². The third-order valence-electron chi connectivity index (χ3n) is 2.69. The van der Waals surface area contributed by atoms with Crippen molar-refractivity contribution in [3.63, 3.8) is 0 Å². The number of aromatic nitrogens is 3. The van der Waals surface area contributed by atoms with Crippen molar-refractivity contribution in [3.05, 3.63) is 42.7 Å². The van der Waals surface area contributed by atoms with Crippen LogP contribution in [0.4, 0.5) is 0 Å². The van der Waals surface area contributed by atoms with Crippen LogP contribution in [0.3, 0.4) is 0 Å². The second-order valence-electron chi connectivity index (χ2n) is 4.19. The van der Waals surface area contributed by atoms with Gasteiger partial charge in [-0.2, -0.15) is 0 Å². The zero-order valence-electron chi connectivity index (χ0n) is 10.3. The van der Waals surface area contributed by atoms with Crippen molar-refractivity contribution in [1.82, 2.24) is 19.9 Å². The summed E-state index contributed by atoms with van der Waals surface area (Å²) in [7, 11) is 0. The van der Waals surface area contributed by atoms with Crippen LogP contribution >= 0.6 is 0 Å². The first-order valence-corrected chi connectivity index (χ1v) is 6.15. The summed E-state index contributed by atoms with van der Waals surface area (Å²) in [6.45, 7) is 2.72. The Kier molecular flexibility index (Phi) is 4.72. The highest BCUT2D eigenvalue weighted by molar-refractivity contribution is 5.17. The summed E-state index contributed by atoms with van der Waals surface area (Å²) in [5, 5.41) is 12.4. The number of aryl methyl sites for hydroxylation is 1. The Bertz CT molecular complexity index is 439. The van der Waals surface area contributed by atoms with Gasteiger partial charge in [0.15, 0.2) is 0 Å². The quantitative estimate of drug-likeness (QED) is 0.728. The number of hydrogen-bond acceptors (Lipinski definition) is 4. The first kappa shape index (κ1) is 12.6. The van der Waals surface area contributed by atoms with Gasteiger partial charge in [-0.15, -0.1) is 0 Å². The molecule has 2 aromatic rings. The molecule has 2 rings (SSSR count). The predicted octanol–water partition coefficient (Wildman–Crippen LogP) is 1.55. The maximum atomic E-state index is 9.10. The molecule has 0 unspecified atom stereocenters. The first-order chi connectivity index (χ1) is 8.84. The molecule has 5 nitrogen and oxygen atoms in total. The highest BCUT2D eigenvalue weighted by atomic mass is 16.3. The molecule has 2 aromatic heterocycles. The average Bonchev–Trinajstić information content (AvgIpc) is 2.89. The third-order valence-corrected chi connectivity index (χ3v) is 2.69. The van der Waals surface area contributed by atoms with E-state index >= 15 is 0 Å². The van der Waals surface area contributed by atoms with Crippen molar-refractivity contribution in [2.75, 3.05) is 6.54 Å². The van der Waals surface area contributed by atoms with Crippen LogP contribution in [0.15, 0.2) is 37.1 Å². The molecule has 0 aliphatic rings. The monoisotopic (exact) mass is 246 g/mol. The number of unbranched alkanes of at least 4 members (excludes halogenated alkanes) is 1. The average molecular weight is 246 g/mol. The number of nitrogens with zero attached hydrogens (tertiary/aromatic N) is 3. The molecule has 0 fully saturated rings. The van der Waals surface area contributed by atoms with Crippen LogP contribution < -0.4 is 5.32 Å². The van der Waals surface area contributed by atoms with Gasteiger partial charge in [0.2, 0.25) is 0 Å². The number of hydrogen-bond donors (Lipinski definition) is 2. The van der Waals surface area contributed by atoms with Gasteiger partial charge in [-0.25, -0.2) is 4.98 Å². The van der Waals surface area contributed by atoms with Crippen LogP contribution in [-0.4, -0.2) is 26.2 Å². The molecule has 2 heterocycles. The lowest BCUT2D eigenvalue weighted by Gasteiger charge is -2.05. The molecular formula is C13H18N4O. The Balaban J connectivity index is 1.55. The Morgan fingerprint density at radius 2 is 2.22 bits per heavy atom. The second kappa shape index (κ2) is 6.76. The fourth-order valence-electron chi connectivity index (χ4n) is 1.70. The van der Waals surface area contributed by atoms with Crippen LogP contribution in [0.5, 0.6) is 5.75 Å². The van der Waals surface area contributed by atoms with E-state index in [1.807, 2.05) is 18.6 Å². The standard InChI is InChI=1S/C13H18N4O/c18-13-4-3-12(16-10-13)9-14-5-1-2-7-17-8-6-15-11-17/h3-4,6,8,10-11,14,18H,1-2,5,7,9H2. The lowest BCUT2D eigenvalue weighted by Crippen LogP contribution is -2.15. The molecular weight excluding hydrogens is 228 g/mol. The van der Waals surface area contributed by atoms with Crippen LogP contribution in [0.2, 0.25) is 0 Å². The highest BCUT2D eigenvalue weighted by Crippen LogP contribution is 2.05. The summed E-state index contributed by atoms with van der Waals surface area (Å²) in [5.74, 6) is 0.207. The van der Waals surface area contributed by atoms with Gasteiger partial charge in [0.05, 0.1) is 18.2 Å². The molecule has 18 heavy (non-hydrogen) atoms. The van der Waals surface area contributed by atoms with Gasteiger partial charge in [0, 0.05) is 25.5 Å². The summed E-state index contributed by atoms with van der Waals surface area (Å²) in [6, 6.07) is 3.48. The summed E-state index contributed by atoms with van der Waals surface area (Å²) in [6.07, 6.45) is 9.34. The topological polar surface area (TPSA) is 63.0 Å². The lowest BCUT2D eigenvalue weighted by atomic mass is 10.3. The molecule has 0 atom stereocenters. The number of nitrogens with one attached hydrogen (secondary N) is 1. The molecule has 0 bridgehead atoms. The van der Waals surface area contributed by atoms with E-state index < -0.39 is 0 Å². The second-order valence-corrected chi connectivity index (χ2v) is 4.19. The third kappa shape index (κ3) is 4.18. The van der Waals surface area contributed by atoms with Gasteiger partial charge in [0.1, 0.15) is 5.75 Å². The maximum absolute atomic E-state index is 9.10. The normalized spacial score (nSPS) is 10.7. The van der Waals surface area contributed by atoms with Crippen molar-refractivity contribution < 1.29 is 5.11 Å². The summed E-state index contributed by atoms with van der Waals surface area (Å²) in [4.78, 5) is 8.11. The minimum atomic E-state index is 0.207. The molecule has 0 saturated carbocycles. The number of imidazole rings is 1. The molecule has 0 spiro atoms. The zero-order chi connectivity index (χ0) is 12.6. The highest BCUT2D eigenvalue weighted by Gasteiger charge is 1.95. The molecule has 0 amide bonds. The Morgan fingerprint density at radius 3 is 2.94 bits per heavy atom. The molecule has 0 radical (unpaired) electrons. The molecule has 0 saturated heterocycles. The number of aromatic hydroxyl groups is 1. The molecule has 5 heteroatoms. The minimum Gasteiger partial charge on any atom is -0.506 e. The Labute approximate surface area is 107 Å². The van der Waals surface area contributed by atoms with Gasteiger partial charge in [-0.1, -0.05) is 0 Å². The van der Waals surface area contributed by atoms with E-state index in [0.717, 1.165) is 38.2 Å². The maximum Gasteiger partial charge on any atom is 0.133 e. The van der Waals surface area contributed by atoms with E-state index in [2.05, 4.69) is 19.9 Å². The van der Waals surface area contributed by atoms with Gasteiger partial charge in [-0.05, 0) is 31.5 Å². The van der Waals surface area contributed by atoms with Crippen molar-refractivity contribution in [3.8, 4) is 5.75 Å². The van der Waals surface area contributed by atoms with Gasteiger partial charge in [0.25, 0.3) is 0 Å². The zero-order valence-corrected chi connectivity index (χ0v) is 10.3. The first-order valence-electron chi connectivity index (χ1n) is 6.15. The molecule has 2 N–H and O–H groups in total. The summed E-state index contributed by atoms with van der Waals surface area (Å²) < 4.78 is 2.08. The summed E-state index contributed by atoms with van der Waals surface area (Å²) >= 11 is 0. The van der Waals surface area contributed by atoms with E-state index in [-0.39, 0.29) is 5.75 Å². The summed E-state index contributed by atoms with van der Waals surface area (Å²) in [5.41, 5.74) is 0.947. The van der Waals surface area contributed by atoms with Crippen molar-refractivity contribution in [1.29, 1.82) is 0 Å². The minimum absolute atomic E-state index is 0.207. The Hall–Kier alpha value is -1.88. The van der Waals surface area contributed by atoms with Gasteiger partial charge < -0.3 is 15.0 Å². The fraction of sp³-hybridized carbons (Fsp3) is 0.385. The predicted molar refractivity (Wildman–Crippen MR) is 69.1 cm³/mol. The number of pyridine rings is 1. The van der Waals surface area contributed by atoms with Crippen LogP contribution in [0.25, 0.3) is 0 Å². The van der Waals surface area contributed by atoms with Crippen molar-refractivity contribution in [2.24, 2.45) is 0 Å². The van der Waals surface area contributed by atoms with Crippen LogP contribution in [0, 0.1) is 0 Å². The van der Waals surface area contributed by atoms with Crippen LogP contribution in [-0.2, 0) is 13.1 Å². The molecule has 0 aliphatic heterocycles. The SMILES string of the molecule is Oc1ccc(CNCCCCn2ccnc2)nc1. The van der Waals surface area contributed by atoms with E-state index in [4.69, 9.17) is 5.11 Å². The van der Waals surface area contributed by atoms with Crippen molar-refractivity contribution in [2.45, 2.75) is 25.9 Å².